The number of benzene rings is 2. The van der Waals surface area contributed by atoms with Gasteiger partial charge in [0, 0.05) is 17.6 Å². The molecule has 1 nitrogen and oxygen atoms in total. The first-order chi connectivity index (χ1) is 8.66. The van der Waals surface area contributed by atoms with Crippen LogP contribution in [-0.4, -0.2) is 0 Å². The Kier molecular flexibility index (Phi) is 4.40. The van der Waals surface area contributed by atoms with Crippen LogP contribution in [0.15, 0.2) is 48.5 Å². The first kappa shape index (κ1) is 13.1. The average molecular weight is 260 g/mol. The second-order valence-corrected chi connectivity index (χ2v) is 5.02. The van der Waals surface area contributed by atoms with Crippen LogP contribution in [0.4, 0.5) is 0 Å². The summed E-state index contributed by atoms with van der Waals surface area (Å²) in [6.07, 6.45) is 0. The Morgan fingerprint density at radius 3 is 2.39 bits per heavy atom. The van der Waals surface area contributed by atoms with E-state index in [4.69, 9.17) is 11.6 Å². The molecule has 0 spiro atoms. The normalized spacial score (nSPS) is 12.4. The van der Waals surface area contributed by atoms with Crippen LogP contribution in [-0.2, 0) is 6.54 Å². The molecule has 1 atom stereocenters. The summed E-state index contributed by atoms with van der Waals surface area (Å²) in [6, 6.07) is 16.8. The van der Waals surface area contributed by atoms with Crippen molar-refractivity contribution >= 4 is 11.6 Å². The third-order valence-corrected chi connectivity index (χ3v) is 3.48. The summed E-state index contributed by atoms with van der Waals surface area (Å²) in [6.45, 7) is 5.20. The predicted molar refractivity (Wildman–Crippen MR) is 77.9 cm³/mol. The Balaban J connectivity index is 1.98. The largest absolute Gasteiger partial charge is 0.306 e. The molecule has 0 saturated carbocycles. The Morgan fingerprint density at radius 2 is 1.72 bits per heavy atom. The van der Waals surface area contributed by atoms with Crippen molar-refractivity contribution in [3.8, 4) is 0 Å². The number of hydrogen-bond acceptors (Lipinski definition) is 1. The Labute approximate surface area is 114 Å². The zero-order valence-corrected chi connectivity index (χ0v) is 11.5. The van der Waals surface area contributed by atoms with E-state index in [1.807, 2.05) is 12.1 Å². The summed E-state index contributed by atoms with van der Waals surface area (Å²) in [5, 5.41) is 4.31. The number of rotatable bonds is 4. The van der Waals surface area contributed by atoms with Gasteiger partial charge in [-0.2, -0.15) is 0 Å². The standard InChI is InChI=1S/C16H18ClN/c1-12-5-3-4-6-15(12)11-18-13(2)14-7-9-16(17)10-8-14/h3-10,13,18H,11H2,1-2H3/t13-/m1/s1. The van der Waals surface area contributed by atoms with Gasteiger partial charge in [-0.3, -0.25) is 0 Å². The van der Waals surface area contributed by atoms with Crippen LogP contribution in [0.5, 0.6) is 0 Å². The molecular formula is C16H18ClN. The Hall–Kier alpha value is -1.31. The maximum absolute atomic E-state index is 5.89. The SMILES string of the molecule is Cc1ccccc1CN[C@H](C)c1ccc(Cl)cc1. The number of nitrogens with one attached hydrogen (secondary N) is 1. The predicted octanol–water partition coefficient (Wildman–Crippen LogP) is 4.50. The molecule has 0 radical (unpaired) electrons. The molecule has 2 rings (SSSR count). The van der Waals surface area contributed by atoms with Gasteiger partial charge in [0.05, 0.1) is 0 Å². The van der Waals surface area contributed by atoms with Crippen molar-refractivity contribution in [1.29, 1.82) is 0 Å². The fourth-order valence-corrected chi connectivity index (χ4v) is 2.07. The second-order valence-electron chi connectivity index (χ2n) is 4.58. The van der Waals surface area contributed by atoms with Gasteiger partial charge in [0.1, 0.15) is 0 Å². The van der Waals surface area contributed by atoms with E-state index in [0.717, 1.165) is 11.6 Å². The summed E-state index contributed by atoms with van der Waals surface area (Å²) >= 11 is 5.89. The Bertz CT molecular complexity index is 505. The quantitative estimate of drug-likeness (QED) is 0.853. The molecule has 0 fully saturated rings. The number of halogens is 1. The van der Waals surface area contributed by atoms with E-state index in [-0.39, 0.29) is 0 Å². The highest BCUT2D eigenvalue weighted by Crippen LogP contribution is 2.17. The van der Waals surface area contributed by atoms with Crippen LogP contribution in [0.2, 0.25) is 5.02 Å². The van der Waals surface area contributed by atoms with Crippen LogP contribution < -0.4 is 5.32 Å². The zero-order valence-electron chi connectivity index (χ0n) is 10.8. The first-order valence-electron chi connectivity index (χ1n) is 6.20. The summed E-state index contributed by atoms with van der Waals surface area (Å²) in [5.41, 5.74) is 3.93. The second kappa shape index (κ2) is 6.03. The van der Waals surface area contributed by atoms with Gasteiger partial charge in [-0.25, -0.2) is 0 Å². The molecule has 0 aliphatic rings. The van der Waals surface area contributed by atoms with Crippen LogP contribution in [0, 0.1) is 6.92 Å². The zero-order chi connectivity index (χ0) is 13.0. The van der Waals surface area contributed by atoms with Crippen LogP contribution in [0.3, 0.4) is 0 Å². The van der Waals surface area contributed by atoms with E-state index in [0.29, 0.717) is 6.04 Å². The van der Waals surface area contributed by atoms with Crippen molar-refractivity contribution < 1.29 is 0 Å². The van der Waals surface area contributed by atoms with E-state index in [1.54, 1.807) is 0 Å². The topological polar surface area (TPSA) is 12.0 Å². The van der Waals surface area contributed by atoms with Gasteiger partial charge in [-0.05, 0) is 42.7 Å². The molecule has 0 unspecified atom stereocenters. The van der Waals surface area contributed by atoms with Gasteiger partial charge in [0.15, 0.2) is 0 Å². The minimum Gasteiger partial charge on any atom is -0.306 e. The fraction of sp³-hybridized carbons (Fsp3) is 0.250. The van der Waals surface area contributed by atoms with Gasteiger partial charge in [0.2, 0.25) is 0 Å². The van der Waals surface area contributed by atoms with Crippen molar-refractivity contribution in [1.82, 2.24) is 5.32 Å². The molecule has 2 heteroatoms. The smallest absolute Gasteiger partial charge is 0.0406 e. The van der Waals surface area contributed by atoms with Crippen LogP contribution in [0.25, 0.3) is 0 Å². The van der Waals surface area contributed by atoms with Gasteiger partial charge in [-0.15, -0.1) is 0 Å². The lowest BCUT2D eigenvalue weighted by molar-refractivity contribution is 0.573. The highest BCUT2D eigenvalue weighted by atomic mass is 35.5. The van der Waals surface area contributed by atoms with E-state index in [2.05, 4.69) is 55.6 Å². The molecule has 0 bridgehead atoms. The third-order valence-electron chi connectivity index (χ3n) is 3.23. The Morgan fingerprint density at radius 1 is 1.06 bits per heavy atom. The van der Waals surface area contributed by atoms with Crippen LogP contribution >= 0.6 is 11.6 Å². The average Bonchev–Trinajstić information content (AvgIpc) is 2.38. The summed E-state index contributed by atoms with van der Waals surface area (Å²) < 4.78 is 0. The van der Waals surface area contributed by atoms with Crippen molar-refractivity contribution in [2.75, 3.05) is 0 Å². The monoisotopic (exact) mass is 259 g/mol. The lowest BCUT2D eigenvalue weighted by Gasteiger charge is -2.15. The maximum Gasteiger partial charge on any atom is 0.0406 e. The molecule has 0 amide bonds. The fourth-order valence-electron chi connectivity index (χ4n) is 1.94. The minimum absolute atomic E-state index is 0.321. The summed E-state index contributed by atoms with van der Waals surface area (Å²) in [4.78, 5) is 0. The van der Waals surface area contributed by atoms with E-state index in [9.17, 15) is 0 Å². The molecule has 0 aliphatic carbocycles. The van der Waals surface area contributed by atoms with Crippen molar-refractivity contribution in [3.05, 3.63) is 70.2 Å². The molecule has 2 aromatic carbocycles. The highest BCUT2D eigenvalue weighted by Gasteiger charge is 2.05. The maximum atomic E-state index is 5.89. The summed E-state index contributed by atoms with van der Waals surface area (Å²) in [7, 11) is 0. The van der Waals surface area contributed by atoms with Gasteiger partial charge in [-0.1, -0.05) is 48.0 Å². The minimum atomic E-state index is 0.321. The van der Waals surface area contributed by atoms with Gasteiger partial charge >= 0.3 is 0 Å². The molecular weight excluding hydrogens is 242 g/mol. The highest BCUT2D eigenvalue weighted by molar-refractivity contribution is 6.30. The molecule has 0 aliphatic heterocycles. The molecule has 94 valence electrons. The lowest BCUT2D eigenvalue weighted by atomic mass is 10.1. The molecule has 18 heavy (non-hydrogen) atoms. The molecule has 2 aromatic rings. The van der Waals surface area contributed by atoms with Crippen LogP contribution in [0.1, 0.15) is 29.7 Å². The summed E-state index contributed by atoms with van der Waals surface area (Å²) in [5.74, 6) is 0. The molecule has 0 heterocycles. The first-order valence-corrected chi connectivity index (χ1v) is 6.58. The van der Waals surface area contributed by atoms with Crippen molar-refractivity contribution in [2.45, 2.75) is 26.4 Å². The van der Waals surface area contributed by atoms with E-state index >= 15 is 0 Å². The molecule has 1 N–H and O–H groups in total. The van der Waals surface area contributed by atoms with E-state index in [1.165, 1.54) is 16.7 Å². The third kappa shape index (κ3) is 3.34. The van der Waals surface area contributed by atoms with Gasteiger partial charge < -0.3 is 5.32 Å². The number of hydrogen-bond donors (Lipinski definition) is 1. The van der Waals surface area contributed by atoms with Crippen molar-refractivity contribution in [2.24, 2.45) is 0 Å². The van der Waals surface area contributed by atoms with Gasteiger partial charge in [0.25, 0.3) is 0 Å². The van der Waals surface area contributed by atoms with E-state index < -0.39 is 0 Å². The molecule has 0 saturated heterocycles. The molecule has 0 aromatic heterocycles. The van der Waals surface area contributed by atoms with Crippen molar-refractivity contribution in [3.63, 3.8) is 0 Å². The number of aryl methyl sites for hydroxylation is 1. The lowest BCUT2D eigenvalue weighted by Crippen LogP contribution is -2.18.